The van der Waals surface area contributed by atoms with Gasteiger partial charge < -0.3 is 32.0 Å². The zero-order chi connectivity index (χ0) is 29.4. The van der Waals surface area contributed by atoms with E-state index in [1.165, 1.54) is 28.1 Å². The molecule has 0 aliphatic carbocycles. The van der Waals surface area contributed by atoms with Crippen LogP contribution in [-0.4, -0.2) is 79.2 Å². The van der Waals surface area contributed by atoms with Gasteiger partial charge in [-0.25, -0.2) is 9.78 Å². The Morgan fingerprint density at radius 2 is 2.10 bits per heavy atom. The Hall–Kier alpha value is -4.77. The van der Waals surface area contributed by atoms with Crippen LogP contribution in [0.4, 0.5) is 10.8 Å². The van der Waals surface area contributed by atoms with E-state index in [0.717, 1.165) is 16.2 Å². The maximum absolute atomic E-state index is 13.2. The molecule has 0 spiro atoms. The number of pyridine rings is 1. The molecule has 41 heavy (non-hydrogen) atoms. The van der Waals surface area contributed by atoms with Crippen molar-refractivity contribution >= 4 is 69.2 Å². The molecule has 17 heteroatoms. The quantitative estimate of drug-likeness (QED) is 0.0607. The minimum Gasteiger partial charge on any atom is -0.477 e. The molecule has 3 aliphatic rings. The molecule has 3 aliphatic heterocycles. The summed E-state index contributed by atoms with van der Waals surface area (Å²) in [5.74, 6) is -3.59. The molecule has 7 N–H and O–H groups in total. The average Bonchev–Trinajstić information content (AvgIpc) is 3.52. The van der Waals surface area contributed by atoms with Crippen molar-refractivity contribution in [2.24, 2.45) is 10.9 Å². The number of primary amides is 1. The largest absolute Gasteiger partial charge is 0.477 e. The first-order chi connectivity index (χ1) is 19.6. The van der Waals surface area contributed by atoms with Crippen LogP contribution in [0.3, 0.4) is 0 Å². The molecule has 0 unspecified atom stereocenters. The molecular weight excluding hydrogens is 576 g/mol. The number of rotatable bonds is 8. The highest BCUT2D eigenvalue weighted by Gasteiger charge is 2.54. The number of nitrogens with zero attached hydrogens (tertiary/aromatic N) is 5. The molecular formula is C24H23N8O7S2+. The summed E-state index contributed by atoms with van der Waals surface area (Å²) in [6.45, 7) is 0.289. The monoisotopic (exact) mass is 599 g/mol. The van der Waals surface area contributed by atoms with E-state index in [1.54, 1.807) is 29.1 Å². The Morgan fingerprint density at radius 3 is 2.76 bits per heavy atom. The zero-order valence-electron chi connectivity index (χ0n) is 21.1. The van der Waals surface area contributed by atoms with Crippen molar-refractivity contribution < 1.29 is 38.9 Å². The summed E-state index contributed by atoms with van der Waals surface area (Å²) in [5.41, 5.74) is 11.4. The number of oxime groups is 1. The van der Waals surface area contributed by atoms with Crippen LogP contribution in [-0.2, 0) is 30.5 Å². The zero-order valence-corrected chi connectivity index (χ0v) is 22.7. The molecule has 2 atom stereocenters. The van der Waals surface area contributed by atoms with Crippen molar-refractivity contribution in [3.05, 3.63) is 58.5 Å². The minimum atomic E-state index is -1.35. The van der Waals surface area contributed by atoms with Crippen LogP contribution < -0.4 is 26.3 Å². The Balaban J connectivity index is 1.34. The molecule has 0 aromatic carbocycles. The van der Waals surface area contributed by atoms with Crippen molar-refractivity contribution in [2.45, 2.75) is 24.4 Å². The summed E-state index contributed by atoms with van der Waals surface area (Å²) in [6, 6.07) is 2.32. The van der Waals surface area contributed by atoms with Gasteiger partial charge >= 0.3 is 5.97 Å². The summed E-state index contributed by atoms with van der Waals surface area (Å²) in [7, 11) is 0. The highest BCUT2D eigenvalue weighted by Crippen LogP contribution is 2.41. The maximum Gasteiger partial charge on any atom is 0.352 e. The van der Waals surface area contributed by atoms with Gasteiger partial charge in [0.05, 0.1) is 0 Å². The van der Waals surface area contributed by atoms with Gasteiger partial charge in [-0.05, 0) is 24.1 Å². The van der Waals surface area contributed by atoms with Gasteiger partial charge in [0.1, 0.15) is 28.5 Å². The first kappa shape index (κ1) is 27.8. The van der Waals surface area contributed by atoms with Gasteiger partial charge in [0.15, 0.2) is 23.2 Å². The number of hydrogen-bond donors (Lipinski definition) is 5. The number of carbonyl (C=O) groups is 5. The van der Waals surface area contributed by atoms with Crippen LogP contribution in [0.5, 0.6) is 0 Å². The number of β-lactam (4-membered cyclic amide) rings is 1. The summed E-state index contributed by atoms with van der Waals surface area (Å²) < 4.78 is 1.56. The number of aliphatic carboxylic acids is 1. The van der Waals surface area contributed by atoms with Crippen LogP contribution in [0, 0.1) is 0 Å². The number of fused-ring (bicyclic) bond motifs is 1. The van der Waals surface area contributed by atoms with E-state index in [-0.39, 0.29) is 40.3 Å². The van der Waals surface area contributed by atoms with Crippen LogP contribution >= 0.6 is 23.1 Å². The number of nitrogens with one attached hydrogen (secondary N) is 1. The van der Waals surface area contributed by atoms with Crippen LogP contribution in [0.2, 0.25) is 0 Å². The molecule has 2 aromatic rings. The highest BCUT2D eigenvalue weighted by atomic mass is 32.2. The van der Waals surface area contributed by atoms with Gasteiger partial charge in [-0.1, -0.05) is 5.16 Å². The molecule has 212 valence electrons. The number of amides is 4. The third kappa shape index (κ3) is 5.23. The first-order valence-corrected chi connectivity index (χ1v) is 14.0. The summed E-state index contributed by atoms with van der Waals surface area (Å²) >= 11 is 2.26. The summed E-state index contributed by atoms with van der Waals surface area (Å²) in [5, 5.41) is 25.6. The van der Waals surface area contributed by atoms with Gasteiger partial charge in [-0.15, -0.1) is 23.1 Å². The van der Waals surface area contributed by atoms with E-state index in [2.05, 4.69) is 15.5 Å². The number of carbonyl (C=O) groups excluding carboxylic acids is 4. The summed E-state index contributed by atoms with van der Waals surface area (Å²) in [4.78, 5) is 68.9. The van der Waals surface area contributed by atoms with Gasteiger partial charge in [0.2, 0.25) is 6.54 Å². The fraction of sp³-hybridized carbons (Fsp3) is 0.250. The molecule has 4 amide bonds. The Kier molecular flexibility index (Phi) is 7.46. The van der Waals surface area contributed by atoms with E-state index < -0.39 is 40.8 Å². The third-order valence-corrected chi connectivity index (χ3v) is 8.51. The lowest BCUT2D eigenvalue weighted by Gasteiger charge is -2.49. The Bertz CT molecular complexity index is 1580. The van der Waals surface area contributed by atoms with Crippen LogP contribution in [0.1, 0.15) is 12.1 Å². The lowest BCUT2D eigenvalue weighted by Crippen LogP contribution is -2.71. The normalized spacial score (nSPS) is 21.7. The number of thiazole rings is 1. The number of thioether (sulfide) groups is 1. The molecule has 5 heterocycles. The number of hydrogen-bond acceptors (Lipinski definition) is 11. The number of allylic oxidation sites excluding steroid dienone is 1. The Labute approximate surface area is 239 Å². The molecule has 2 saturated heterocycles. The van der Waals surface area contributed by atoms with Gasteiger partial charge in [-0.2, -0.15) is 4.57 Å². The predicted molar refractivity (Wildman–Crippen MR) is 145 cm³/mol. The van der Waals surface area contributed by atoms with Crippen LogP contribution in [0.15, 0.2) is 58.0 Å². The SMILES string of the molecule is NC(=O)C[n+]1cccc(N2CC/C(=C\C3=C(C(=O)O)N4C(=O)[C@@H](NC(=O)/C(=N\O)c5csc(N)n5)[C@H]4SC3)C2=O)c1. The van der Waals surface area contributed by atoms with E-state index in [4.69, 9.17) is 11.5 Å². The van der Waals surface area contributed by atoms with E-state index in [1.807, 2.05) is 0 Å². The smallest absolute Gasteiger partial charge is 0.352 e. The molecule has 5 rings (SSSR count). The lowest BCUT2D eigenvalue weighted by molar-refractivity contribution is -0.683. The third-order valence-electron chi connectivity index (χ3n) is 6.53. The van der Waals surface area contributed by atoms with Gasteiger partial charge in [0.25, 0.3) is 23.6 Å². The molecule has 2 aromatic heterocycles. The second-order valence-electron chi connectivity index (χ2n) is 9.14. The maximum atomic E-state index is 13.2. The fourth-order valence-corrected chi connectivity index (χ4v) is 6.58. The van der Waals surface area contributed by atoms with Crippen LogP contribution in [0.25, 0.3) is 0 Å². The van der Waals surface area contributed by atoms with Gasteiger partial charge in [0, 0.05) is 29.3 Å². The van der Waals surface area contributed by atoms with E-state index in [0.29, 0.717) is 24.2 Å². The molecule has 0 bridgehead atoms. The van der Waals surface area contributed by atoms with Gasteiger partial charge in [-0.3, -0.25) is 24.1 Å². The number of carboxylic acids is 1. The second kappa shape index (κ2) is 11.0. The second-order valence-corrected chi connectivity index (χ2v) is 11.1. The lowest BCUT2D eigenvalue weighted by atomic mass is 10.0. The van der Waals surface area contributed by atoms with Crippen molar-refractivity contribution in [1.29, 1.82) is 0 Å². The number of carboxylic acid groups (broad SMARTS) is 1. The van der Waals surface area contributed by atoms with Crippen molar-refractivity contribution in [2.75, 3.05) is 22.9 Å². The average molecular weight is 600 g/mol. The highest BCUT2D eigenvalue weighted by molar-refractivity contribution is 8.00. The Morgan fingerprint density at radius 1 is 1.32 bits per heavy atom. The predicted octanol–water partition coefficient (Wildman–Crippen LogP) is -1.22. The summed E-state index contributed by atoms with van der Waals surface area (Å²) in [6.07, 6.45) is 5.11. The standard InChI is InChI=1S/C24H22N8O7S2/c25-15(33)8-30-4-1-2-13(7-30)31-5-3-11(20(31)35)6-12-9-40-22-17(21(36)32(22)18(12)23(37)38)28-19(34)16(29-39)14-10-41-24(26)27-14/h1-2,4,6-7,10,17,22H,3,5,8-9H2,(H6-,25,26,27,28,33,34,37,38,39)/p+1/b11-6+/t17-,22-/m1/s1. The number of aromatic nitrogens is 2. The van der Waals surface area contributed by atoms with Crippen molar-refractivity contribution in [3.8, 4) is 0 Å². The topological polar surface area (TPSA) is 225 Å². The number of nitrogen functional groups attached to an aromatic ring is 1. The number of anilines is 2. The number of nitrogens with two attached hydrogens (primary N) is 2. The first-order valence-electron chi connectivity index (χ1n) is 12.0. The molecule has 0 radical (unpaired) electrons. The van der Waals surface area contributed by atoms with E-state index >= 15 is 0 Å². The molecule has 15 nitrogen and oxygen atoms in total. The van der Waals surface area contributed by atoms with Crippen molar-refractivity contribution in [3.63, 3.8) is 0 Å². The molecule has 0 saturated carbocycles. The van der Waals surface area contributed by atoms with E-state index in [9.17, 15) is 34.3 Å². The minimum absolute atomic E-state index is 0.0286. The fourth-order valence-electron chi connectivity index (χ4n) is 4.72. The van der Waals surface area contributed by atoms with Crippen molar-refractivity contribution in [1.82, 2.24) is 15.2 Å². The molecule has 2 fully saturated rings.